The smallest absolute Gasteiger partial charge is 0.323 e. The number of aromatic nitrogens is 2. The molecule has 4 bridgehead atoms. The van der Waals surface area contributed by atoms with Gasteiger partial charge in [0.05, 0.1) is 17.1 Å². The van der Waals surface area contributed by atoms with Gasteiger partial charge in [-0.2, -0.15) is 0 Å². The van der Waals surface area contributed by atoms with Gasteiger partial charge in [0.1, 0.15) is 12.2 Å². The first-order chi connectivity index (χ1) is 19.9. The zero-order valence-corrected chi connectivity index (χ0v) is 23.9. The van der Waals surface area contributed by atoms with Crippen molar-refractivity contribution in [3.8, 4) is 0 Å². The summed E-state index contributed by atoms with van der Waals surface area (Å²) < 4.78 is 2.00. The lowest BCUT2D eigenvalue weighted by Crippen LogP contribution is -2.58. The van der Waals surface area contributed by atoms with Crippen molar-refractivity contribution in [1.82, 2.24) is 19.4 Å². The zero-order valence-electron chi connectivity index (χ0n) is 23.9. The van der Waals surface area contributed by atoms with E-state index in [1.54, 1.807) is 0 Å². The highest BCUT2D eigenvalue weighted by Crippen LogP contribution is 2.59. The van der Waals surface area contributed by atoms with E-state index >= 15 is 0 Å². The number of para-hydroxylation sites is 2. The molecule has 1 amide bonds. The molecule has 3 saturated heterocycles. The second-order valence-electron chi connectivity index (χ2n) is 14.2. The summed E-state index contributed by atoms with van der Waals surface area (Å²) in [6.07, 6.45) is 14.3. The average Bonchev–Trinajstić information content (AvgIpc) is 3.17. The van der Waals surface area contributed by atoms with Gasteiger partial charge in [-0.15, -0.1) is 0 Å². The van der Waals surface area contributed by atoms with Gasteiger partial charge in [-0.1, -0.05) is 18.6 Å². The maximum atomic E-state index is 14.4. The molecule has 218 valence electrons. The first-order valence-electron chi connectivity index (χ1n) is 16.2. The van der Waals surface area contributed by atoms with Crippen LogP contribution in [0.4, 0.5) is 0 Å². The summed E-state index contributed by atoms with van der Waals surface area (Å²) in [5, 5.41) is 9.54. The number of likely N-dealkylation sites (tertiary alicyclic amines) is 1. The quantitative estimate of drug-likeness (QED) is 0.560. The van der Waals surface area contributed by atoms with Crippen LogP contribution >= 0.6 is 0 Å². The second-order valence-corrected chi connectivity index (χ2v) is 14.2. The third kappa shape index (κ3) is 4.26. The highest BCUT2D eigenvalue weighted by molar-refractivity contribution is 5.82. The molecule has 8 nitrogen and oxygen atoms in total. The number of carbonyl (C=O) groups excluding carboxylic acids is 1. The topological polar surface area (TPSA) is 95.7 Å². The Morgan fingerprint density at radius 1 is 0.854 bits per heavy atom. The van der Waals surface area contributed by atoms with E-state index in [2.05, 4.69) is 4.90 Å². The molecular formula is C33H42N4O4. The molecule has 6 aliphatic rings. The summed E-state index contributed by atoms with van der Waals surface area (Å²) in [6, 6.07) is 9.08. The van der Waals surface area contributed by atoms with Crippen LogP contribution in [0.5, 0.6) is 0 Å². The maximum absolute atomic E-state index is 14.4. The van der Waals surface area contributed by atoms with Crippen LogP contribution in [0.15, 0.2) is 29.1 Å². The molecule has 3 aliphatic heterocycles. The Labute approximate surface area is 241 Å². The molecule has 1 aromatic carbocycles. The predicted molar refractivity (Wildman–Crippen MR) is 154 cm³/mol. The standard InChI is InChI=1S/C33H42N4O4/c38-30-10-4-9-29(35(30)18-31(39)40)32-33(41)37(28-8-2-1-7-27(28)34-32)25-16-22-5-3-6-23(17-25)36(22)24-12-19-11-20-14-21(15-24)26(20)13-19/h1-2,7-8,19-26,29H,3-6,9-18H2,(H,39,40). The number of nitrogens with zero attached hydrogens (tertiary/aromatic N) is 4. The molecule has 2 aromatic rings. The van der Waals surface area contributed by atoms with Crippen molar-refractivity contribution in [2.75, 3.05) is 6.54 Å². The molecule has 8 rings (SSSR count). The van der Waals surface area contributed by atoms with Gasteiger partial charge in [0.15, 0.2) is 0 Å². The van der Waals surface area contributed by atoms with Crippen LogP contribution in [-0.2, 0) is 9.59 Å². The summed E-state index contributed by atoms with van der Waals surface area (Å²) in [6.45, 7) is -0.398. The zero-order chi connectivity index (χ0) is 27.8. The molecule has 0 radical (unpaired) electrons. The highest BCUT2D eigenvalue weighted by atomic mass is 16.4. The summed E-state index contributed by atoms with van der Waals surface area (Å²) in [7, 11) is 0. The molecule has 1 N–H and O–H groups in total. The lowest BCUT2D eigenvalue weighted by molar-refractivity contribution is -0.148. The Morgan fingerprint density at radius 3 is 2.44 bits per heavy atom. The molecule has 8 heteroatoms. The second kappa shape index (κ2) is 9.92. The van der Waals surface area contributed by atoms with Crippen molar-refractivity contribution in [2.45, 2.75) is 114 Å². The number of hydrogen-bond acceptors (Lipinski definition) is 5. The van der Waals surface area contributed by atoms with Crippen molar-refractivity contribution in [1.29, 1.82) is 0 Å². The number of amides is 1. The maximum Gasteiger partial charge on any atom is 0.323 e. The third-order valence-electron chi connectivity index (χ3n) is 12.0. The Morgan fingerprint density at radius 2 is 1.63 bits per heavy atom. The van der Waals surface area contributed by atoms with Gasteiger partial charge in [0, 0.05) is 30.6 Å². The number of rotatable bonds is 5. The van der Waals surface area contributed by atoms with E-state index in [4.69, 9.17) is 4.98 Å². The van der Waals surface area contributed by atoms with Gasteiger partial charge in [0.2, 0.25) is 5.91 Å². The van der Waals surface area contributed by atoms with Crippen molar-refractivity contribution >= 4 is 22.9 Å². The minimum atomic E-state index is -1.06. The van der Waals surface area contributed by atoms with Crippen LogP contribution < -0.4 is 5.56 Å². The van der Waals surface area contributed by atoms with Crippen LogP contribution in [0, 0.1) is 23.7 Å². The molecular weight excluding hydrogens is 516 g/mol. The molecule has 8 unspecified atom stereocenters. The van der Waals surface area contributed by atoms with E-state index in [1.165, 1.54) is 56.3 Å². The van der Waals surface area contributed by atoms with Gasteiger partial charge in [-0.25, -0.2) is 4.98 Å². The Bertz CT molecular complexity index is 1420. The fourth-order valence-electron chi connectivity index (χ4n) is 10.5. The summed E-state index contributed by atoms with van der Waals surface area (Å²) >= 11 is 0. The summed E-state index contributed by atoms with van der Waals surface area (Å²) in [5.41, 5.74) is 1.81. The molecule has 41 heavy (non-hydrogen) atoms. The van der Waals surface area contributed by atoms with E-state index < -0.39 is 18.6 Å². The Hall–Kier alpha value is -2.74. The Kier molecular flexibility index (Phi) is 6.28. The van der Waals surface area contributed by atoms with Gasteiger partial charge >= 0.3 is 5.97 Å². The number of carboxylic acids is 1. The van der Waals surface area contributed by atoms with Crippen molar-refractivity contribution in [3.63, 3.8) is 0 Å². The normalized spacial score (nSPS) is 38.5. The van der Waals surface area contributed by atoms with Gasteiger partial charge in [-0.3, -0.25) is 19.3 Å². The highest BCUT2D eigenvalue weighted by Gasteiger charge is 2.53. The number of benzene rings is 1. The number of fused-ring (bicyclic) bond motifs is 4. The summed E-state index contributed by atoms with van der Waals surface area (Å²) in [5.74, 6) is 2.63. The molecule has 6 fully saturated rings. The fraction of sp³-hybridized carbons (Fsp3) is 0.697. The lowest BCUT2D eigenvalue weighted by Gasteiger charge is -2.54. The molecule has 3 aliphatic carbocycles. The first-order valence-corrected chi connectivity index (χ1v) is 16.2. The van der Waals surface area contributed by atoms with Crippen LogP contribution in [0.25, 0.3) is 11.0 Å². The van der Waals surface area contributed by atoms with Crippen molar-refractivity contribution in [2.24, 2.45) is 23.7 Å². The lowest BCUT2D eigenvalue weighted by atomic mass is 9.64. The van der Waals surface area contributed by atoms with Crippen molar-refractivity contribution in [3.05, 3.63) is 40.3 Å². The van der Waals surface area contributed by atoms with Gasteiger partial charge in [-0.05, 0) is 106 Å². The molecule has 0 spiro atoms. The van der Waals surface area contributed by atoms with Gasteiger partial charge < -0.3 is 14.6 Å². The van der Waals surface area contributed by atoms with Crippen LogP contribution in [0.3, 0.4) is 0 Å². The van der Waals surface area contributed by atoms with Crippen molar-refractivity contribution < 1.29 is 14.7 Å². The van der Waals surface area contributed by atoms with Crippen LogP contribution in [-0.4, -0.2) is 61.0 Å². The van der Waals surface area contributed by atoms with E-state index in [1.807, 2.05) is 28.8 Å². The largest absolute Gasteiger partial charge is 0.480 e. The van der Waals surface area contributed by atoms with E-state index in [0.717, 1.165) is 47.5 Å². The fourth-order valence-corrected chi connectivity index (χ4v) is 10.5. The van der Waals surface area contributed by atoms with E-state index in [9.17, 15) is 19.5 Å². The van der Waals surface area contributed by atoms with Crippen LogP contribution in [0.1, 0.15) is 101 Å². The SMILES string of the molecule is O=C(O)CN1C(=O)CCCC1c1nc2ccccc2n(C2CC3CCCC(C2)N3C2CC3CC4CC(C2)C4C3)c1=O. The molecule has 4 heterocycles. The molecule has 8 atom stereocenters. The molecule has 3 saturated carbocycles. The predicted octanol–water partition coefficient (Wildman–Crippen LogP) is 4.92. The number of aliphatic carboxylic acids is 1. The van der Waals surface area contributed by atoms with E-state index in [0.29, 0.717) is 43.1 Å². The first kappa shape index (κ1) is 25.9. The molecule has 1 aromatic heterocycles. The van der Waals surface area contributed by atoms with E-state index in [-0.39, 0.29) is 17.5 Å². The minimum absolute atomic E-state index is 0.0863. The Balaban J connectivity index is 1.14. The number of carboxylic acid groups (broad SMARTS) is 1. The third-order valence-corrected chi connectivity index (χ3v) is 12.0. The van der Waals surface area contributed by atoms with Gasteiger partial charge in [0.25, 0.3) is 5.56 Å². The average molecular weight is 559 g/mol. The number of piperidine rings is 3. The minimum Gasteiger partial charge on any atom is -0.480 e. The van der Waals surface area contributed by atoms with Crippen LogP contribution in [0.2, 0.25) is 0 Å². The monoisotopic (exact) mass is 558 g/mol. The number of hydrogen-bond donors (Lipinski definition) is 1. The summed E-state index contributed by atoms with van der Waals surface area (Å²) in [4.78, 5) is 48.0. The number of carbonyl (C=O) groups is 2.